The first-order valence-electron chi connectivity index (χ1n) is 8.07. The van der Waals surface area contributed by atoms with Crippen molar-refractivity contribution < 1.29 is 14.3 Å². The summed E-state index contributed by atoms with van der Waals surface area (Å²) >= 11 is 0. The fourth-order valence-electron chi connectivity index (χ4n) is 2.09. The van der Waals surface area contributed by atoms with Crippen molar-refractivity contribution in [2.75, 3.05) is 33.4 Å². The third kappa shape index (κ3) is 7.83. The minimum Gasteiger partial charge on any atom is -0.490 e. The normalized spacial score (nSPS) is 11.7. The minimum atomic E-state index is 0.536. The van der Waals surface area contributed by atoms with Crippen LogP contribution in [0, 0.1) is 13.8 Å². The molecule has 132 valence electrons. The number of nitrogens with one attached hydrogen (secondary N) is 1. The summed E-state index contributed by atoms with van der Waals surface area (Å²) in [5.41, 5.74) is 2.15. The highest BCUT2D eigenvalue weighted by Crippen LogP contribution is 2.28. The van der Waals surface area contributed by atoms with E-state index in [-0.39, 0.29) is 0 Å². The van der Waals surface area contributed by atoms with Crippen molar-refractivity contribution >= 4 is 6.21 Å². The highest BCUT2D eigenvalue weighted by atomic mass is 16.6. The van der Waals surface area contributed by atoms with Crippen LogP contribution < -0.4 is 14.8 Å². The lowest BCUT2D eigenvalue weighted by Crippen LogP contribution is -2.16. The van der Waals surface area contributed by atoms with Gasteiger partial charge in [-0.3, -0.25) is 0 Å². The second kappa shape index (κ2) is 12.2. The first-order valence-corrected chi connectivity index (χ1v) is 8.07. The van der Waals surface area contributed by atoms with E-state index < -0.39 is 0 Å². The van der Waals surface area contributed by atoms with Gasteiger partial charge in [-0.2, -0.15) is 0 Å². The molecule has 0 saturated heterocycles. The van der Waals surface area contributed by atoms with Crippen molar-refractivity contribution in [2.45, 2.75) is 20.8 Å². The van der Waals surface area contributed by atoms with Gasteiger partial charge in [-0.1, -0.05) is 29.5 Å². The van der Waals surface area contributed by atoms with Gasteiger partial charge in [0.1, 0.15) is 31.8 Å². The topological polar surface area (TPSA) is 52.1 Å². The van der Waals surface area contributed by atoms with Gasteiger partial charge in [0.2, 0.25) is 0 Å². The minimum absolute atomic E-state index is 0.536. The molecule has 1 N–H and O–H groups in total. The maximum absolute atomic E-state index is 5.86. The molecule has 1 rings (SSSR count). The Morgan fingerprint density at radius 1 is 1.00 bits per heavy atom. The molecule has 1 aromatic rings. The van der Waals surface area contributed by atoms with E-state index >= 15 is 0 Å². The van der Waals surface area contributed by atoms with E-state index in [0.717, 1.165) is 29.2 Å². The van der Waals surface area contributed by atoms with Crippen molar-refractivity contribution in [3.63, 3.8) is 0 Å². The van der Waals surface area contributed by atoms with Crippen LogP contribution in [0.5, 0.6) is 11.5 Å². The maximum atomic E-state index is 5.86. The van der Waals surface area contributed by atoms with Crippen molar-refractivity contribution in [2.24, 2.45) is 5.16 Å². The smallest absolute Gasteiger partial charge is 0.125 e. The van der Waals surface area contributed by atoms with Gasteiger partial charge in [0, 0.05) is 13.1 Å². The number of oxime groups is 1. The Morgan fingerprint density at radius 3 is 2.38 bits per heavy atom. The molecule has 0 atom stereocenters. The third-order valence-electron chi connectivity index (χ3n) is 3.18. The number of rotatable bonds is 11. The van der Waals surface area contributed by atoms with Crippen LogP contribution in [0.2, 0.25) is 0 Å². The zero-order valence-corrected chi connectivity index (χ0v) is 15.0. The second-order valence-corrected chi connectivity index (χ2v) is 5.18. The van der Waals surface area contributed by atoms with Crippen LogP contribution in [0.1, 0.15) is 18.1 Å². The van der Waals surface area contributed by atoms with Crippen LogP contribution >= 0.6 is 0 Å². The lowest BCUT2D eigenvalue weighted by atomic mass is 10.1. The Balaban J connectivity index is 2.40. The summed E-state index contributed by atoms with van der Waals surface area (Å²) in [6.07, 6.45) is 9.66. The fraction of sp³-hybridized carbons (Fsp3) is 0.421. The van der Waals surface area contributed by atoms with E-state index in [1.807, 2.05) is 57.2 Å². The second-order valence-electron chi connectivity index (χ2n) is 5.18. The standard InChI is InChI=1S/C19H28N2O3/c1-5-6-12-23-18-14-16(2)19(17(3)15-18)24-13-8-7-9-20-10-11-21-22-4/h5-8,11,14-15,20H,9-10,12-13H2,1-4H3/b6-5+,8-7+,21-11+. The van der Waals surface area contributed by atoms with Gasteiger partial charge in [0.05, 0.1) is 6.21 Å². The van der Waals surface area contributed by atoms with Crippen LogP contribution in [0.4, 0.5) is 0 Å². The van der Waals surface area contributed by atoms with E-state index in [1.54, 1.807) is 6.21 Å². The summed E-state index contributed by atoms with van der Waals surface area (Å²) in [7, 11) is 1.53. The average molecular weight is 332 g/mol. The lowest BCUT2D eigenvalue weighted by molar-refractivity contribution is 0.214. The largest absolute Gasteiger partial charge is 0.490 e. The van der Waals surface area contributed by atoms with Gasteiger partial charge in [-0.15, -0.1) is 0 Å². The highest BCUT2D eigenvalue weighted by molar-refractivity contribution is 5.58. The quantitative estimate of drug-likeness (QED) is 0.292. The molecule has 1 aromatic carbocycles. The van der Waals surface area contributed by atoms with Gasteiger partial charge in [0.15, 0.2) is 0 Å². The number of hydrogen-bond acceptors (Lipinski definition) is 5. The van der Waals surface area contributed by atoms with E-state index in [2.05, 4.69) is 15.3 Å². The zero-order valence-electron chi connectivity index (χ0n) is 15.0. The summed E-state index contributed by atoms with van der Waals surface area (Å²) in [5.74, 6) is 1.78. The molecule has 0 unspecified atom stereocenters. The first kappa shape index (κ1) is 19.8. The number of ether oxygens (including phenoxy) is 2. The Morgan fingerprint density at radius 2 is 1.71 bits per heavy atom. The average Bonchev–Trinajstić information content (AvgIpc) is 2.55. The Bertz CT molecular complexity index is 543. The predicted molar refractivity (Wildman–Crippen MR) is 99.2 cm³/mol. The Kier molecular flexibility index (Phi) is 10.0. The van der Waals surface area contributed by atoms with Gasteiger partial charge in [0.25, 0.3) is 0 Å². The van der Waals surface area contributed by atoms with Crippen LogP contribution in [-0.4, -0.2) is 39.6 Å². The van der Waals surface area contributed by atoms with Crippen molar-refractivity contribution in [1.82, 2.24) is 5.32 Å². The highest BCUT2D eigenvalue weighted by Gasteiger charge is 2.06. The molecule has 0 saturated carbocycles. The third-order valence-corrected chi connectivity index (χ3v) is 3.18. The van der Waals surface area contributed by atoms with E-state index in [0.29, 0.717) is 19.8 Å². The van der Waals surface area contributed by atoms with Crippen LogP contribution in [0.15, 0.2) is 41.6 Å². The molecule has 0 aliphatic heterocycles. The molecule has 0 heterocycles. The van der Waals surface area contributed by atoms with Gasteiger partial charge < -0.3 is 19.6 Å². The molecule has 0 radical (unpaired) electrons. The lowest BCUT2D eigenvalue weighted by Gasteiger charge is -2.13. The molecule has 0 aliphatic rings. The molecular formula is C19H28N2O3. The van der Waals surface area contributed by atoms with E-state index in [9.17, 15) is 0 Å². The predicted octanol–water partition coefficient (Wildman–Crippen LogP) is 3.42. The summed E-state index contributed by atoms with van der Waals surface area (Å²) in [5, 5.41) is 6.82. The monoisotopic (exact) mass is 332 g/mol. The van der Waals surface area contributed by atoms with Crippen LogP contribution in [0.25, 0.3) is 0 Å². The molecule has 0 amide bonds. The van der Waals surface area contributed by atoms with Gasteiger partial charge in [-0.25, -0.2) is 0 Å². The molecule has 0 spiro atoms. The number of hydrogen-bond donors (Lipinski definition) is 1. The van der Waals surface area contributed by atoms with Crippen molar-refractivity contribution in [3.8, 4) is 11.5 Å². The summed E-state index contributed by atoms with van der Waals surface area (Å²) in [4.78, 5) is 4.57. The molecule has 0 bridgehead atoms. The summed E-state index contributed by atoms with van der Waals surface area (Å²) < 4.78 is 11.5. The van der Waals surface area contributed by atoms with Gasteiger partial charge >= 0.3 is 0 Å². The molecule has 0 aromatic heterocycles. The summed E-state index contributed by atoms with van der Waals surface area (Å²) in [6, 6.07) is 4.01. The zero-order chi connectivity index (χ0) is 17.6. The number of aryl methyl sites for hydroxylation is 2. The van der Waals surface area contributed by atoms with Gasteiger partial charge in [-0.05, 0) is 44.0 Å². The molecule has 5 nitrogen and oxygen atoms in total. The molecule has 0 fully saturated rings. The fourth-order valence-corrected chi connectivity index (χ4v) is 2.09. The first-order chi connectivity index (χ1) is 11.7. The number of benzene rings is 1. The summed E-state index contributed by atoms with van der Waals surface area (Å²) in [6.45, 7) is 8.60. The SMILES string of the molecule is C/C=C/COc1cc(C)c(OC/C=C/CNC/C=N/OC)c(C)c1. The van der Waals surface area contributed by atoms with E-state index in [4.69, 9.17) is 9.47 Å². The number of allylic oxidation sites excluding steroid dienone is 1. The Labute approximate surface area is 145 Å². The van der Waals surface area contributed by atoms with Crippen molar-refractivity contribution in [3.05, 3.63) is 47.6 Å². The molecule has 5 heteroatoms. The van der Waals surface area contributed by atoms with Crippen LogP contribution in [-0.2, 0) is 4.84 Å². The molecule has 24 heavy (non-hydrogen) atoms. The Hall–Kier alpha value is -2.27. The van der Waals surface area contributed by atoms with Crippen LogP contribution in [0.3, 0.4) is 0 Å². The molecule has 0 aliphatic carbocycles. The van der Waals surface area contributed by atoms with Crippen molar-refractivity contribution in [1.29, 1.82) is 0 Å². The maximum Gasteiger partial charge on any atom is 0.125 e. The van der Waals surface area contributed by atoms with E-state index in [1.165, 1.54) is 7.11 Å². The number of nitrogens with zero attached hydrogens (tertiary/aromatic N) is 1. The molecular weight excluding hydrogens is 304 g/mol.